The van der Waals surface area contributed by atoms with E-state index in [4.69, 9.17) is 4.74 Å². The third kappa shape index (κ3) is 8.47. The molecular formula is C27H28F2N6O4. The summed E-state index contributed by atoms with van der Waals surface area (Å²) in [4.78, 5) is 42.8. The van der Waals surface area contributed by atoms with Gasteiger partial charge in [0.2, 0.25) is 5.91 Å². The third-order valence-corrected chi connectivity index (χ3v) is 5.98. The Bertz CT molecular complexity index is 1330. The van der Waals surface area contributed by atoms with E-state index in [1.54, 1.807) is 0 Å². The number of halogens is 2. The van der Waals surface area contributed by atoms with Crippen LogP contribution in [-0.4, -0.2) is 54.0 Å². The summed E-state index contributed by atoms with van der Waals surface area (Å²) in [6.07, 6.45) is 3.01. The van der Waals surface area contributed by atoms with Gasteiger partial charge in [0.1, 0.15) is 17.4 Å². The molecule has 0 unspecified atom stereocenters. The predicted molar refractivity (Wildman–Crippen MR) is 141 cm³/mol. The zero-order valence-corrected chi connectivity index (χ0v) is 21.2. The number of carbonyl (C=O) groups is 3. The Hall–Kier alpha value is -4.58. The van der Waals surface area contributed by atoms with Gasteiger partial charge in [-0.25, -0.2) is 23.4 Å². The van der Waals surface area contributed by atoms with Gasteiger partial charge in [-0.3, -0.25) is 15.4 Å². The molecule has 0 atom stereocenters. The Kier molecular flexibility index (Phi) is 9.00. The minimum Gasteiger partial charge on any atom is -0.454 e. The molecular weight excluding hydrogens is 510 g/mol. The van der Waals surface area contributed by atoms with E-state index in [2.05, 4.69) is 31.2 Å². The number of pyridine rings is 1. The first-order valence-electron chi connectivity index (χ1n) is 12.3. The van der Waals surface area contributed by atoms with Gasteiger partial charge in [-0.15, -0.1) is 0 Å². The highest BCUT2D eigenvalue weighted by Gasteiger charge is 2.19. The van der Waals surface area contributed by atoms with Gasteiger partial charge in [0.15, 0.2) is 11.6 Å². The van der Waals surface area contributed by atoms with Crippen molar-refractivity contribution in [3.05, 3.63) is 78.0 Å². The summed E-state index contributed by atoms with van der Waals surface area (Å²) in [6.45, 7) is 1.82. The number of aromatic nitrogens is 1. The lowest BCUT2D eigenvalue weighted by Gasteiger charge is -2.29. The maximum Gasteiger partial charge on any atom is 0.325 e. The first-order valence-corrected chi connectivity index (χ1v) is 12.3. The van der Waals surface area contributed by atoms with E-state index >= 15 is 0 Å². The molecule has 0 radical (unpaired) electrons. The van der Waals surface area contributed by atoms with E-state index in [9.17, 15) is 23.2 Å². The second kappa shape index (κ2) is 12.8. The Morgan fingerprint density at radius 2 is 1.72 bits per heavy atom. The Labute approximate surface area is 223 Å². The maximum atomic E-state index is 14.7. The average molecular weight is 539 g/mol. The van der Waals surface area contributed by atoms with Crippen LogP contribution in [0.2, 0.25) is 0 Å². The Morgan fingerprint density at radius 3 is 2.44 bits per heavy atom. The molecule has 39 heavy (non-hydrogen) atoms. The summed E-state index contributed by atoms with van der Waals surface area (Å²) in [5.41, 5.74) is 0.621. The van der Waals surface area contributed by atoms with Gasteiger partial charge < -0.3 is 20.3 Å². The number of anilines is 2. The fourth-order valence-corrected chi connectivity index (χ4v) is 3.94. The lowest BCUT2D eigenvalue weighted by molar-refractivity contribution is -0.119. The zero-order valence-electron chi connectivity index (χ0n) is 21.2. The van der Waals surface area contributed by atoms with Crippen LogP contribution in [0.25, 0.3) is 0 Å². The van der Waals surface area contributed by atoms with Crippen molar-refractivity contribution in [2.45, 2.75) is 25.3 Å². The van der Waals surface area contributed by atoms with E-state index in [1.807, 2.05) is 7.05 Å². The normalized spacial score (nSPS) is 13.8. The summed E-state index contributed by atoms with van der Waals surface area (Å²) in [5, 5.41) is 10.1. The number of hydrogen-bond donors (Lipinski definition) is 4. The number of ether oxygens (including phenoxy) is 1. The van der Waals surface area contributed by atoms with Crippen molar-refractivity contribution in [2.75, 3.05) is 30.8 Å². The highest BCUT2D eigenvalue weighted by Crippen LogP contribution is 2.27. The number of imide groups is 1. The number of piperidine rings is 1. The number of likely N-dealkylation sites (tertiary alicyclic amines) is 1. The molecule has 0 aliphatic carbocycles. The van der Waals surface area contributed by atoms with Crippen LogP contribution >= 0.6 is 0 Å². The molecule has 3 aromatic rings. The summed E-state index contributed by atoms with van der Waals surface area (Å²) in [5.74, 6) is -1.46. The van der Waals surface area contributed by atoms with Crippen LogP contribution < -0.4 is 26.0 Å². The number of nitrogens with zero attached hydrogens (tertiary/aromatic N) is 2. The number of benzene rings is 2. The Morgan fingerprint density at radius 1 is 0.974 bits per heavy atom. The maximum absolute atomic E-state index is 14.7. The fourth-order valence-electron chi connectivity index (χ4n) is 3.94. The number of nitrogens with one attached hydrogen (secondary N) is 4. The van der Waals surface area contributed by atoms with Crippen LogP contribution in [0, 0.1) is 11.6 Å². The summed E-state index contributed by atoms with van der Waals surface area (Å²) < 4.78 is 33.2. The van der Waals surface area contributed by atoms with Gasteiger partial charge in [0, 0.05) is 30.1 Å². The Balaban J connectivity index is 1.28. The van der Waals surface area contributed by atoms with Crippen LogP contribution in [0.1, 0.15) is 18.4 Å². The first kappa shape index (κ1) is 27.5. The molecule has 1 aliphatic heterocycles. The van der Waals surface area contributed by atoms with Gasteiger partial charge >= 0.3 is 12.1 Å². The van der Waals surface area contributed by atoms with E-state index in [-0.39, 0.29) is 41.5 Å². The molecule has 2 aromatic carbocycles. The molecule has 10 nitrogen and oxygen atoms in total. The molecule has 1 fully saturated rings. The molecule has 12 heteroatoms. The second-order valence-corrected chi connectivity index (χ2v) is 9.11. The molecule has 1 aromatic heterocycles. The molecule has 1 aliphatic rings. The van der Waals surface area contributed by atoms with Crippen molar-refractivity contribution in [1.29, 1.82) is 0 Å². The first-order chi connectivity index (χ1) is 18.7. The monoisotopic (exact) mass is 538 g/mol. The van der Waals surface area contributed by atoms with Crippen molar-refractivity contribution in [2.24, 2.45) is 0 Å². The minimum absolute atomic E-state index is 0.0804. The van der Waals surface area contributed by atoms with Crippen molar-refractivity contribution in [3.63, 3.8) is 0 Å². The van der Waals surface area contributed by atoms with Crippen LogP contribution in [0.15, 0.2) is 60.8 Å². The van der Waals surface area contributed by atoms with Crippen LogP contribution in [0.5, 0.6) is 11.5 Å². The highest BCUT2D eigenvalue weighted by atomic mass is 19.1. The van der Waals surface area contributed by atoms with Crippen molar-refractivity contribution in [3.8, 4) is 11.5 Å². The standard InChI is InChI=1S/C27H28F2N6O4/c1-35-12-9-19(10-13-35)31-26(37)33-24-16-21(8-11-30-24)39-23-7-6-20(15-22(23)29)32-27(38)34-25(36)14-17-2-4-18(28)5-3-17/h2-8,11,15-16,19H,9-10,12-14H2,1H3,(H2,30,31,33,37)(H2,32,34,36,38). The fraction of sp³-hybridized carbons (Fsp3) is 0.259. The van der Waals surface area contributed by atoms with Gasteiger partial charge in [-0.05, 0) is 68.9 Å². The van der Waals surface area contributed by atoms with E-state index in [0.717, 1.165) is 32.0 Å². The van der Waals surface area contributed by atoms with Gasteiger partial charge in [0.25, 0.3) is 0 Å². The number of carbonyl (C=O) groups excluding carboxylic acids is 3. The van der Waals surface area contributed by atoms with Crippen LogP contribution in [-0.2, 0) is 11.2 Å². The van der Waals surface area contributed by atoms with Crippen molar-refractivity contribution >= 4 is 29.5 Å². The number of amides is 5. The van der Waals surface area contributed by atoms with E-state index in [1.165, 1.54) is 54.7 Å². The third-order valence-electron chi connectivity index (χ3n) is 5.98. The molecule has 0 spiro atoms. The smallest absolute Gasteiger partial charge is 0.325 e. The number of rotatable bonds is 7. The zero-order chi connectivity index (χ0) is 27.8. The molecule has 0 saturated carbocycles. The molecule has 4 N–H and O–H groups in total. The van der Waals surface area contributed by atoms with Gasteiger partial charge in [0.05, 0.1) is 6.42 Å². The number of urea groups is 2. The summed E-state index contributed by atoms with van der Waals surface area (Å²) in [7, 11) is 2.04. The second-order valence-electron chi connectivity index (χ2n) is 9.11. The SMILES string of the molecule is CN1CCC(NC(=O)Nc2cc(Oc3ccc(NC(=O)NC(=O)Cc4ccc(F)cc4)cc3F)ccn2)CC1. The predicted octanol–water partition coefficient (Wildman–Crippen LogP) is 4.26. The quantitative estimate of drug-likeness (QED) is 0.356. The average Bonchev–Trinajstić information content (AvgIpc) is 2.88. The largest absolute Gasteiger partial charge is 0.454 e. The van der Waals surface area contributed by atoms with E-state index < -0.39 is 23.6 Å². The topological polar surface area (TPSA) is 125 Å². The molecule has 5 amide bonds. The summed E-state index contributed by atoms with van der Waals surface area (Å²) >= 11 is 0. The van der Waals surface area contributed by atoms with Crippen molar-refractivity contribution in [1.82, 2.24) is 20.5 Å². The lowest BCUT2D eigenvalue weighted by Crippen LogP contribution is -2.44. The minimum atomic E-state index is -0.849. The molecule has 2 heterocycles. The van der Waals surface area contributed by atoms with Crippen molar-refractivity contribution < 1.29 is 27.9 Å². The number of hydrogen-bond acceptors (Lipinski definition) is 6. The molecule has 4 rings (SSSR count). The molecule has 1 saturated heterocycles. The lowest BCUT2D eigenvalue weighted by atomic mass is 10.1. The molecule has 204 valence electrons. The molecule has 0 bridgehead atoms. The summed E-state index contributed by atoms with van der Waals surface area (Å²) in [6, 6.07) is 10.9. The van der Waals surface area contributed by atoms with E-state index in [0.29, 0.717) is 5.56 Å². The van der Waals surface area contributed by atoms with Crippen LogP contribution in [0.4, 0.5) is 29.9 Å². The van der Waals surface area contributed by atoms with Gasteiger partial charge in [-0.1, -0.05) is 12.1 Å². The van der Waals surface area contributed by atoms with Gasteiger partial charge in [-0.2, -0.15) is 0 Å². The highest BCUT2D eigenvalue weighted by molar-refractivity contribution is 6.01. The van der Waals surface area contributed by atoms with Crippen LogP contribution in [0.3, 0.4) is 0 Å².